The Hall–Kier alpha value is -0.980. The Morgan fingerprint density at radius 3 is 2.58 bits per heavy atom. The van der Waals surface area contributed by atoms with E-state index >= 15 is 0 Å². The molecular weight excluding hydrogens is 148 g/mol. The summed E-state index contributed by atoms with van der Waals surface area (Å²) in [4.78, 5) is 0. The molecule has 1 nitrogen and oxygen atoms in total. The van der Waals surface area contributed by atoms with Gasteiger partial charge < -0.3 is 5.11 Å². The van der Waals surface area contributed by atoms with Crippen LogP contribution in [0.3, 0.4) is 0 Å². The highest BCUT2D eigenvalue weighted by molar-refractivity contribution is 5.31. The molecule has 0 bridgehead atoms. The monoisotopic (exact) mass is 163 g/mol. The van der Waals surface area contributed by atoms with Gasteiger partial charge in [0.1, 0.15) is 5.75 Å². The van der Waals surface area contributed by atoms with E-state index in [1.165, 1.54) is 0 Å². The molecule has 0 saturated heterocycles. The number of unbranched alkanes of at least 4 members (excludes halogenated alkanes) is 2. The van der Waals surface area contributed by atoms with E-state index in [1.54, 1.807) is 6.07 Å². The lowest BCUT2D eigenvalue weighted by molar-refractivity contribution is 0.466. The van der Waals surface area contributed by atoms with E-state index in [0.29, 0.717) is 5.75 Å². The van der Waals surface area contributed by atoms with Crippen LogP contribution in [-0.4, -0.2) is 5.11 Å². The number of aryl methyl sites for hydroxylation is 1. The number of phenolic OH excluding ortho intramolecular Hbond substituents is 1. The van der Waals surface area contributed by atoms with Crippen LogP contribution in [0.15, 0.2) is 24.3 Å². The van der Waals surface area contributed by atoms with Crippen LogP contribution in [0.4, 0.5) is 0 Å². The van der Waals surface area contributed by atoms with Gasteiger partial charge >= 0.3 is 0 Å². The van der Waals surface area contributed by atoms with Crippen molar-refractivity contribution in [1.29, 1.82) is 0 Å². The van der Waals surface area contributed by atoms with Crippen molar-refractivity contribution in [3.8, 4) is 5.75 Å². The number of rotatable bonds is 4. The van der Waals surface area contributed by atoms with Gasteiger partial charge in [0.15, 0.2) is 0 Å². The summed E-state index contributed by atoms with van der Waals surface area (Å²) in [5.74, 6) is 0.418. The van der Waals surface area contributed by atoms with E-state index < -0.39 is 0 Å². The summed E-state index contributed by atoms with van der Waals surface area (Å²) in [5, 5.41) is 9.39. The molecule has 0 aromatic heterocycles. The van der Waals surface area contributed by atoms with Gasteiger partial charge in [-0.2, -0.15) is 0 Å². The smallest absolute Gasteiger partial charge is 0.118 e. The Bertz CT molecular complexity index is 230. The Kier molecular flexibility index (Phi) is 3.65. The molecule has 12 heavy (non-hydrogen) atoms. The zero-order valence-electron chi connectivity index (χ0n) is 7.29. The van der Waals surface area contributed by atoms with Gasteiger partial charge in [0, 0.05) is 0 Å². The van der Waals surface area contributed by atoms with Gasteiger partial charge in [-0.15, -0.1) is 0 Å². The van der Waals surface area contributed by atoms with Gasteiger partial charge in [0.2, 0.25) is 0 Å². The topological polar surface area (TPSA) is 20.2 Å². The zero-order valence-corrected chi connectivity index (χ0v) is 7.29. The molecule has 0 aliphatic rings. The van der Waals surface area contributed by atoms with Crippen LogP contribution in [0.5, 0.6) is 5.75 Å². The lowest BCUT2D eigenvalue weighted by Gasteiger charge is -2.02. The van der Waals surface area contributed by atoms with E-state index in [9.17, 15) is 5.11 Å². The molecule has 1 rings (SSSR count). The van der Waals surface area contributed by atoms with Crippen LogP contribution in [0.1, 0.15) is 24.8 Å². The summed E-state index contributed by atoms with van der Waals surface area (Å²) in [7, 11) is 0. The van der Waals surface area contributed by atoms with E-state index in [2.05, 4.69) is 6.92 Å². The molecule has 0 aliphatic carbocycles. The normalized spacial score (nSPS) is 10.1. The molecule has 0 aliphatic heterocycles. The second-order valence-electron chi connectivity index (χ2n) is 2.94. The average molecular weight is 163 g/mol. The highest BCUT2D eigenvalue weighted by atomic mass is 16.3. The summed E-state index contributed by atoms with van der Waals surface area (Å²) in [6.45, 7) is 3.78. The predicted octanol–water partition coefficient (Wildman–Crippen LogP) is 2.94. The first kappa shape index (κ1) is 9.11. The number of para-hydroxylation sites is 1. The molecule has 0 saturated carbocycles. The van der Waals surface area contributed by atoms with E-state index in [0.717, 1.165) is 31.2 Å². The molecule has 65 valence electrons. The minimum atomic E-state index is 0.418. The number of phenols is 1. The first-order chi connectivity index (χ1) is 5.84. The van der Waals surface area contributed by atoms with Gasteiger partial charge in [-0.3, -0.25) is 0 Å². The molecule has 1 aromatic carbocycles. The summed E-state index contributed by atoms with van der Waals surface area (Å²) < 4.78 is 0. The van der Waals surface area contributed by atoms with Gasteiger partial charge in [0.05, 0.1) is 0 Å². The van der Waals surface area contributed by atoms with Crippen molar-refractivity contribution < 1.29 is 5.11 Å². The molecule has 1 N–H and O–H groups in total. The molecule has 1 heteroatoms. The largest absolute Gasteiger partial charge is 0.508 e. The Morgan fingerprint density at radius 2 is 1.92 bits per heavy atom. The maximum Gasteiger partial charge on any atom is 0.118 e. The van der Waals surface area contributed by atoms with Gasteiger partial charge in [0.25, 0.3) is 0 Å². The first-order valence-electron chi connectivity index (χ1n) is 4.40. The van der Waals surface area contributed by atoms with Crippen molar-refractivity contribution in [2.45, 2.75) is 25.7 Å². The van der Waals surface area contributed by atoms with Crippen molar-refractivity contribution in [3.63, 3.8) is 0 Å². The van der Waals surface area contributed by atoms with Crippen molar-refractivity contribution in [2.75, 3.05) is 0 Å². The van der Waals surface area contributed by atoms with E-state index in [-0.39, 0.29) is 0 Å². The Morgan fingerprint density at radius 1 is 1.17 bits per heavy atom. The molecule has 1 radical (unpaired) electrons. The standard InChI is InChI=1S/C11H15O/c1-2-3-4-7-10-8-5-6-9-11(10)12/h5-6,8-9,12H,1-4,7H2. The number of hydrogen-bond donors (Lipinski definition) is 1. The van der Waals surface area contributed by atoms with Crippen molar-refractivity contribution in [3.05, 3.63) is 36.8 Å². The lowest BCUT2D eigenvalue weighted by Crippen LogP contribution is -1.85. The SMILES string of the molecule is [CH2]CCCCc1ccccc1O. The van der Waals surface area contributed by atoms with E-state index in [1.807, 2.05) is 18.2 Å². The fourth-order valence-corrected chi connectivity index (χ4v) is 1.21. The minimum Gasteiger partial charge on any atom is -0.508 e. The maximum absolute atomic E-state index is 9.39. The maximum atomic E-state index is 9.39. The molecule has 0 unspecified atom stereocenters. The molecule has 0 fully saturated rings. The van der Waals surface area contributed by atoms with Crippen LogP contribution in [0.25, 0.3) is 0 Å². The molecular formula is C11H15O. The minimum absolute atomic E-state index is 0.418. The van der Waals surface area contributed by atoms with Crippen molar-refractivity contribution >= 4 is 0 Å². The summed E-state index contributed by atoms with van der Waals surface area (Å²) in [6, 6.07) is 7.51. The van der Waals surface area contributed by atoms with Crippen LogP contribution in [-0.2, 0) is 6.42 Å². The zero-order chi connectivity index (χ0) is 8.81. The highest BCUT2D eigenvalue weighted by Crippen LogP contribution is 2.17. The highest BCUT2D eigenvalue weighted by Gasteiger charge is 1.97. The fraction of sp³-hybridized carbons (Fsp3) is 0.364. The number of hydrogen-bond acceptors (Lipinski definition) is 1. The van der Waals surface area contributed by atoms with E-state index in [4.69, 9.17) is 0 Å². The third-order valence-corrected chi connectivity index (χ3v) is 1.94. The third kappa shape index (κ3) is 2.57. The number of aromatic hydroxyl groups is 1. The predicted molar refractivity (Wildman–Crippen MR) is 51.0 cm³/mol. The second-order valence-corrected chi connectivity index (χ2v) is 2.94. The van der Waals surface area contributed by atoms with Crippen LogP contribution < -0.4 is 0 Å². The van der Waals surface area contributed by atoms with Gasteiger partial charge in [-0.1, -0.05) is 38.0 Å². The average Bonchev–Trinajstić information content (AvgIpc) is 2.09. The summed E-state index contributed by atoms with van der Waals surface area (Å²) in [6.07, 6.45) is 4.19. The lowest BCUT2D eigenvalue weighted by atomic mass is 10.1. The molecule has 0 amide bonds. The number of benzene rings is 1. The summed E-state index contributed by atoms with van der Waals surface area (Å²) in [5.41, 5.74) is 1.05. The summed E-state index contributed by atoms with van der Waals surface area (Å²) >= 11 is 0. The van der Waals surface area contributed by atoms with Gasteiger partial charge in [-0.25, -0.2) is 0 Å². The Labute approximate surface area is 74.1 Å². The Balaban J connectivity index is 2.46. The van der Waals surface area contributed by atoms with Crippen LogP contribution in [0, 0.1) is 6.92 Å². The van der Waals surface area contributed by atoms with Crippen molar-refractivity contribution in [1.82, 2.24) is 0 Å². The molecule has 0 spiro atoms. The molecule has 0 heterocycles. The molecule has 1 aromatic rings. The van der Waals surface area contributed by atoms with Crippen LogP contribution >= 0.6 is 0 Å². The second kappa shape index (κ2) is 4.81. The fourth-order valence-electron chi connectivity index (χ4n) is 1.21. The van der Waals surface area contributed by atoms with Crippen molar-refractivity contribution in [2.24, 2.45) is 0 Å². The quantitative estimate of drug-likeness (QED) is 0.676. The molecule has 0 atom stereocenters. The first-order valence-corrected chi connectivity index (χ1v) is 4.40. The third-order valence-electron chi connectivity index (χ3n) is 1.94. The van der Waals surface area contributed by atoms with Gasteiger partial charge in [-0.05, 0) is 24.5 Å². The van der Waals surface area contributed by atoms with Crippen LogP contribution in [0.2, 0.25) is 0 Å².